The van der Waals surface area contributed by atoms with E-state index in [2.05, 4.69) is 46.0 Å². The van der Waals surface area contributed by atoms with Crippen molar-refractivity contribution in [2.75, 3.05) is 6.61 Å². The molecule has 3 aromatic rings. The number of nitrogens with zero attached hydrogens (tertiary/aromatic N) is 6. The first-order valence-electron chi connectivity index (χ1n) is 8.23. The normalized spacial score (nSPS) is 11.5. The molecule has 1 N–H and O–H groups in total. The van der Waals surface area contributed by atoms with Crippen LogP contribution in [0.1, 0.15) is 36.8 Å². The highest BCUT2D eigenvalue weighted by Gasteiger charge is 2.19. The average Bonchev–Trinajstić information content (AvgIpc) is 3.18. The standard InChI is InChI=1S/C16H23N7O/c1-5-8-13-18-14-15(22(13)9-7-10-24-17-6-2)11(3)12(4)23-16(14)19-20-21-23/h6,17H,2,5,7-10H2,1,3-4H3. The Morgan fingerprint density at radius 1 is 1.33 bits per heavy atom. The van der Waals surface area contributed by atoms with E-state index in [1.807, 2.05) is 6.92 Å². The van der Waals surface area contributed by atoms with Gasteiger partial charge < -0.3 is 4.57 Å². The Morgan fingerprint density at radius 2 is 2.17 bits per heavy atom. The van der Waals surface area contributed by atoms with Crippen molar-refractivity contribution in [1.29, 1.82) is 0 Å². The van der Waals surface area contributed by atoms with Gasteiger partial charge in [0.2, 0.25) is 5.65 Å². The molecule has 0 fully saturated rings. The van der Waals surface area contributed by atoms with E-state index in [4.69, 9.17) is 9.82 Å². The third kappa shape index (κ3) is 2.73. The number of nitrogens with one attached hydrogen (secondary N) is 1. The van der Waals surface area contributed by atoms with E-state index in [9.17, 15) is 0 Å². The molecule has 0 radical (unpaired) electrons. The molecule has 8 heteroatoms. The lowest BCUT2D eigenvalue weighted by molar-refractivity contribution is 0.0675. The number of hydrogen-bond acceptors (Lipinski definition) is 6. The molecule has 0 aliphatic carbocycles. The third-order valence-electron chi connectivity index (χ3n) is 4.21. The zero-order valence-corrected chi connectivity index (χ0v) is 14.4. The number of tetrazole rings is 1. The van der Waals surface area contributed by atoms with Gasteiger partial charge in [0.05, 0.1) is 12.1 Å². The number of pyridine rings is 1. The lowest BCUT2D eigenvalue weighted by Crippen LogP contribution is -2.11. The van der Waals surface area contributed by atoms with Crippen molar-refractivity contribution in [2.45, 2.75) is 46.6 Å². The topological polar surface area (TPSA) is 82.2 Å². The summed E-state index contributed by atoms with van der Waals surface area (Å²) in [5.41, 5.74) is 7.56. The highest BCUT2D eigenvalue weighted by molar-refractivity contribution is 5.91. The predicted octanol–water partition coefficient (Wildman–Crippen LogP) is 2.10. The van der Waals surface area contributed by atoms with Crippen LogP contribution >= 0.6 is 0 Å². The molecule has 0 amide bonds. The maximum atomic E-state index is 5.27. The van der Waals surface area contributed by atoms with Gasteiger partial charge in [-0.2, -0.15) is 4.52 Å². The van der Waals surface area contributed by atoms with Gasteiger partial charge >= 0.3 is 0 Å². The van der Waals surface area contributed by atoms with Crippen LogP contribution in [0.25, 0.3) is 16.7 Å². The second-order valence-corrected chi connectivity index (χ2v) is 5.78. The Bertz CT molecular complexity index is 864. The minimum atomic E-state index is 0.601. The van der Waals surface area contributed by atoms with Crippen LogP contribution in [0.4, 0.5) is 0 Å². The van der Waals surface area contributed by atoms with Crippen molar-refractivity contribution in [3.8, 4) is 0 Å². The summed E-state index contributed by atoms with van der Waals surface area (Å²) >= 11 is 0. The first kappa shape index (κ1) is 16.4. The van der Waals surface area contributed by atoms with Gasteiger partial charge in [-0.05, 0) is 42.7 Å². The van der Waals surface area contributed by atoms with E-state index in [-0.39, 0.29) is 0 Å². The molecule has 3 heterocycles. The van der Waals surface area contributed by atoms with Crippen molar-refractivity contribution >= 4 is 16.7 Å². The van der Waals surface area contributed by atoms with Crippen LogP contribution in [0.3, 0.4) is 0 Å². The minimum Gasteiger partial charge on any atom is -0.328 e. The summed E-state index contributed by atoms with van der Waals surface area (Å²) in [6.07, 6.45) is 4.36. The van der Waals surface area contributed by atoms with E-state index in [0.29, 0.717) is 12.3 Å². The summed E-state index contributed by atoms with van der Waals surface area (Å²) in [5.74, 6) is 1.07. The first-order chi connectivity index (χ1) is 11.7. The Kier molecular flexibility index (Phi) is 4.75. The van der Waals surface area contributed by atoms with Gasteiger partial charge in [0.1, 0.15) is 11.3 Å². The highest BCUT2D eigenvalue weighted by Crippen LogP contribution is 2.26. The van der Waals surface area contributed by atoms with Crippen LogP contribution in [0.15, 0.2) is 12.8 Å². The molecule has 0 atom stereocenters. The van der Waals surface area contributed by atoms with Gasteiger partial charge in [0.15, 0.2) is 0 Å². The molecule has 0 aliphatic rings. The van der Waals surface area contributed by atoms with Gasteiger partial charge in [-0.15, -0.1) is 5.10 Å². The zero-order chi connectivity index (χ0) is 17.1. The Balaban J connectivity index is 2.05. The minimum absolute atomic E-state index is 0.601. The number of rotatable bonds is 8. The van der Waals surface area contributed by atoms with E-state index in [0.717, 1.165) is 53.9 Å². The Morgan fingerprint density at radius 3 is 2.92 bits per heavy atom. The number of imidazole rings is 1. The van der Waals surface area contributed by atoms with E-state index in [1.54, 1.807) is 4.52 Å². The van der Waals surface area contributed by atoms with Gasteiger partial charge in [-0.1, -0.05) is 13.5 Å². The molecule has 128 valence electrons. The van der Waals surface area contributed by atoms with Gasteiger partial charge in [-0.3, -0.25) is 10.3 Å². The Hall–Kier alpha value is -2.48. The average molecular weight is 329 g/mol. The summed E-state index contributed by atoms with van der Waals surface area (Å²) in [5, 5.41) is 12.1. The zero-order valence-electron chi connectivity index (χ0n) is 14.4. The van der Waals surface area contributed by atoms with E-state index >= 15 is 0 Å². The Labute approximate surface area is 140 Å². The highest BCUT2D eigenvalue weighted by atomic mass is 16.6. The molecular weight excluding hydrogens is 306 g/mol. The van der Waals surface area contributed by atoms with Crippen LogP contribution < -0.4 is 5.48 Å². The first-order valence-corrected chi connectivity index (χ1v) is 8.23. The number of aryl methyl sites for hydroxylation is 4. The maximum Gasteiger partial charge on any atom is 0.207 e. The predicted molar refractivity (Wildman–Crippen MR) is 91.4 cm³/mol. The summed E-state index contributed by atoms with van der Waals surface area (Å²) < 4.78 is 4.05. The van der Waals surface area contributed by atoms with Gasteiger partial charge in [0, 0.05) is 24.9 Å². The van der Waals surface area contributed by atoms with E-state index in [1.165, 1.54) is 6.20 Å². The largest absolute Gasteiger partial charge is 0.328 e. The van der Waals surface area contributed by atoms with Crippen molar-refractivity contribution in [2.24, 2.45) is 0 Å². The molecule has 3 aromatic heterocycles. The summed E-state index contributed by atoms with van der Waals surface area (Å²) in [6, 6.07) is 0. The molecular formula is C16H23N7O. The second kappa shape index (κ2) is 6.96. The molecule has 24 heavy (non-hydrogen) atoms. The van der Waals surface area contributed by atoms with Crippen LogP contribution in [0, 0.1) is 13.8 Å². The maximum absolute atomic E-state index is 5.27. The fourth-order valence-electron chi connectivity index (χ4n) is 2.99. The quantitative estimate of drug-likeness (QED) is 0.503. The summed E-state index contributed by atoms with van der Waals surface area (Å²) in [4.78, 5) is 10.1. The molecule has 0 saturated heterocycles. The number of fused-ring (bicyclic) bond motifs is 3. The molecule has 0 bridgehead atoms. The molecule has 0 aromatic carbocycles. The molecule has 0 unspecified atom stereocenters. The van der Waals surface area contributed by atoms with Gasteiger partial charge in [-0.25, -0.2) is 4.98 Å². The third-order valence-corrected chi connectivity index (χ3v) is 4.21. The van der Waals surface area contributed by atoms with Crippen molar-refractivity contribution in [3.05, 3.63) is 29.9 Å². The lowest BCUT2D eigenvalue weighted by atomic mass is 10.2. The number of hydroxylamine groups is 1. The molecule has 0 spiro atoms. The van der Waals surface area contributed by atoms with Crippen molar-refractivity contribution in [3.63, 3.8) is 0 Å². The summed E-state index contributed by atoms with van der Waals surface area (Å²) in [6.45, 7) is 11.3. The monoisotopic (exact) mass is 329 g/mol. The van der Waals surface area contributed by atoms with Crippen molar-refractivity contribution in [1.82, 2.24) is 35.1 Å². The fraction of sp³-hybridized carbons (Fsp3) is 0.500. The molecule has 0 saturated carbocycles. The molecule has 3 rings (SSSR count). The van der Waals surface area contributed by atoms with Crippen LogP contribution in [-0.4, -0.2) is 36.2 Å². The lowest BCUT2D eigenvalue weighted by Gasteiger charge is -2.11. The molecule has 8 nitrogen and oxygen atoms in total. The summed E-state index contributed by atoms with van der Waals surface area (Å²) in [7, 11) is 0. The fourth-order valence-corrected chi connectivity index (χ4v) is 2.99. The SMILES string of the molecule is C=CNOCCCn1c(CCC)nc2c1c(C)c(C)n1nnnc21. The van der Waals surface area contributed by atoms with Crippen molar-refractivity contribution < 1.29 is 4.84 Å². The van der Waals surface area contributed by atoms with Crippen LogP contribution in [-0.2, 0) is 17.8 Å². The van der Waals surface area contributed by atoms with Crippen LogP contribution in [0.5, 0.6) is 0 Å². The van der Waals surface area contributed by atoms with Gasteiger partial charge in [0.25, 0.3) is 0 Å². The molecule has 0 aliphatic heterocycles. The number of hydrogen-bond donors (Lipinski definition) is 1. The van der Waals surface area contributed by atoms with Crippen LogP contribution in [0.2, 0.25) is 0 Å². The smallest absolute Gasteiger partial charge is 0.207 e. The number of aromatic nitrogens is 6. The second-order valence-electron chi connectivity index (χ2n) is 5.78. The van der Waals surface area contributed by atoms with E-state index < -0.39 is 0 Å².